The van der Waals surface area contributed by atoms with Crippen LogP contribution in [0.15, 0.2) is 36.4 Å². The highest BCUT2D eigenvalue weighted by molar-refractivity contribution is 6.33. The number of amides is 1. The lowest BCUT2D eigenvalue weighted by Gasteiger charge is -2.27. The van der Waals surface area contributed by atoms with Crippen molar-refractivity contribution in [1.82, 2.24) is 19.7 Å². The van der Waals surface area contributed by atoms with Gasteiger partial charge in [-0.15, -0.1) is 0 Å². The molecule has 5 rings (SSSR count). The molecule has 1 atom stereocenters. The van der Waals surface area contributed by atoms with Gasteiger partial charge in [0, 0.05) is 12.2 Å². The molecule has 1 unspecified atom stereocenters. The second kappa shape index (κ2) is 7.89. The molecule has 4 heterocycles. The Labute approximate surface area is 185 Å². The summed E-state index contributed by atoms with van der Waals surface area (Å²) >= 11 is 6.41. The lowest BCUT2D eigenvalue weighted by atomic mass is 10.0. The van der Waals surface area contributed by atoms with Gasteiger partial charge >= 0.3 is 0 Å². The minimum absolute atomic E-state index is 0.0569. The van der Waals surface area contributed by atoms with E-state index in [1.807, 2.05) is 43.0 Å². The maximum absolute atomic E-state index is 13.5. The second-order valence-corrected chi connectivity index (χ2v) is 8.31. The van der Waals surface area contributed by atoms with Crippen LogP contribution in [-0.2, 0) is 0 Å². The third-order valence-electron chi connectivity index (χ3n) is 5.73. The number of likely N-dealkylation sites (tertiary alicyclic amines) is 1. The number of fused-ring (bicyclic) bond motifs is 1. The summed E-state index contributed by atoms with van der Waals surface area (Å²) < 4.78 is 13.1. The molecule has 1 fully saturated rings. The van der Waals surface area contributed by atoms with Gasteiger partial charge < -0.3 is 14.4 Å². The molecule has 0 bridgehead atoms. The Morgan fingerprint density at radius 2 is 1.90 bits per heavy atom. The molecule has 2 aliphatic rings. The number of pyridine rings is 1. The predicted octanol–water partition coefficient (Wildman–Crippen LogP) is 4.29. The van der Waals surface area contributed by atoms with Gasteiger partial charge in [0.05, 0.1) is 16.8 Å². The van der Waals surface area contributed by atoms with Crippen molar-refractivity contribution in [2.45, 2.75) is 32.7 Å². The van der Waals surface area contributed by atoms with Crippen LogP contribution in [0.4, 0.5) is 0 Å². The lowest BCUT2D eigenvalue weighted by Crippen LogP contribution is -2.31. The first-order valence-corrected chi connectivity index (χ1v) is 10.8. The highest BCUT2D eigenvalue weighted by Crippen LogP contribution is 2.39. The van der Waals surface area contributed by atoms with E-state index in [9.17, 15) is 4.79 Å². The Balaban J connectivity index is 1.47. The number of hydrogen-bond acceptors (Lipinski definition) is 5. The number of nitrogens with zero attached hydrogens (tertiary/aromatic N) is 4. The van der Waals surface area contributed by atoms with Crippen LogP contribution >= 0.6 is 11.6 Å². The zero-order chi connectivity index (χ0) is 21.5. The number of carbonyl (C=O) groups is 1. The van der Waals surface area contributed by atoms with E-state index in [0.717, 1.165) is 41.3 Å². The normalized spacial score (nSPS) is 17.8. The topological polar surface area (TPSA) is 69.5 Å². The fourth-order valence-electron chi connectivity index (χ4n) is 4.32. The molecule has 0 saturated carbocycles. The van der Waals surface area contributed by atoms with Crippen LogP contribution in [-0.4, -0.2) is 45.3 Å². The third kappa shape index (κ3) is 3.63. The number of rotatable bonds is 3. The standard InChI is InChI=1S/C23H23ClN4O3/c1-14-12-15(2)28(26-14)21-8-6-17(24)22(25-21)23(29)27-9-3-4-18(27)16-5-7-19-20(13-16)31-11-10-30-19/h5-8,12-13,18H,3-4,9-11H2,1-2H3. The predicted molar refractivity (Wildman–Crippen MR) is 116 cm³/mol. The van der Waals surface area contributed by atoms with E-state index in [-0.39, 0.29) is 17.6 Å². The van der Waals surface area contributed by atoms with Crippen molar-refractivity contribution in [1.29, 1.82) is 0 Å². The summed E-state index contributed by atoms with van der Waals surface area (Å²) in [6.45, 7) is 5.61. The van der Waals surface area contributed by atoms with Crippen molar-refractivity contribution in [2.24, 2.45) is 0 Å². The van der Waals surface area contributed by atoms with Gasteiger partial charge in [0.15, 0.2) is 17.3 Å². The summed E-state index contributed by atoms with van der Waals surface area (Å²) in [5.74, 6) is 1.87. The van der Waals surface area contributed by atoms with Crippen molar-refractivity contribution in [3.05, 3.63) is 64.1 Å². The van der Waals surface area contributed by atoms with Crippen molar-refractivity contribution in [3.63, 3.8) is 0 Å². The molecule has 7 nitrogen and oxygen atoms in total. The van der Waals surface area contributed by atoms with Gasteiger partial charge in [-0.1, -0.05) is 17.7 Å². The maximum Gasteiger partial charge on any atom is 0.274 e. The number of hydrogen-bond donors (Lipinski definition) is 0. The molecule has 3 aromatic rings. The molecule has 1 amide bonds. The fourth-order valence-corrected chi connectivity index (χ4v) is 4.51. The average molecular weight is 439 g/mol. The van der Waals surface area contributed by atoms with E-state index in [1.54, 1.807) is 16.8 Å². The van der Waals surface area contributed by atoms with Gasteiger partial charge in [0.1, 0.15) is 18.9 Å². The molecule has 0 aliphatic carbocycles. The molecule has 1 saturated heterocycles. The van der Waals surface area contributed by atoms with E-state index in [1.165, 1.54) is 0 Å². The minimum atomic E-state index is -0.175. The Bertz CT molecular complexity index is 1160. The Kier molecular flexibility index (Phi) is 5.06. The molecule has 0 spiro atoms. The molecule has 0 N–H and O–H groups in total. The van der Waals surface area contributed by atoms with Crippen LogP contribution in [0.5, 0.6) is 11.5 Å². The molecule has 8 heteroatoms. The summed E-state index contributed by atoms with van der Waals surface area (Å²) in [5.41, 5.74) is 3.11. The largest absolute Gasteiger partial charge is 0.486 e. The Morgan fingerprint density at radius 3 is 2.68 bits per heavy atom. The highest BCUT2D eigenvalue weighted by Gasteiger charge is 2.33. The van der Waals surface area contributed by atoms with Crippen molar-refractivity contribution >= 4 is 17.5 Å². The highest BCUT2D eigenvalue weighted by atomic mass is 35.5. The second-order valence-electron chi connectivity index (χ2n) is 7.90. The van der Waals surface area contributed by atoms with Crippen LogP contribution in [0.1, 0.15) is 46.3 Å². The monoisotopic (exact) mass is 438 g/mol. The van der Waals surface area contributed by atoms with Crippen LogP contribution < -0.4 is 9.47 Å². The molecule has 2 aliphatic heterocycles. The molecule has 160 valence electrons. The van der Waals surface area contributed by atoms with E-state index in [4.69, 9.17) is 21.1 Å². The molecule has 0 radical (unpaired) electrons. The Morgan fingerprint density at radius 1 is 1.10 bits per heavy atom. The van der Waals surface area contributed by atoms with E-state index in [0.29, 0.717) is 30.6 Å². The first-order valence-electron chi connectivity index (χ1n) is 10.4. The van der Waals surface area contributed by atoms with Crippen molar-refractivity contribution in [3.8, 4) is 17.3 Å². The molecule has 2 aromatic heterocycles. The maximum atomic E-state index is 13.5. The Hall–Kier alpha value is -3.06. The summed E-state index contributed by atoms with van der Waals surface area (Å²) in [6, 6.07) is 11.3. The minimum Gasteiger partial charge on any atom is -0.486 e. The SMILES string of the molecule is Cc1cc(C)n(-c2ccc(Cl)c(C(=O)N3CCCC3c3ccc4c(c3)OCCO4)n2)n1. The first kappa shape index (κ1) is 19.9. The lowest BCUT2D eigenvalue weighted by molar-refractivity contribution is 0.0729. The molecule has 1 aromatic carbocycles. The molecule has 31 heavy (non-hydrogen) atoms. The van der Waals surface area contributed by atoms with Crippen LogP contribution in [0.2, 0.25) is 5.02 Å². The van der Waals surface area contributed by atoms with Gasteiger partial charge in [-0.25, -0.2) is 9.67 Å². The van der Waals surface area contributed by atoms with Crippen molar-refractivity contribution < 1.29 is 14.3 Å². The number of aryl methyl sites for hydroxylation is 2. The summed E-state index contributed by atoms with van der Waals surface area (Å²) in [4.78, 5) is 20.0. The van der Waals surface area contributed by atoms with Gasteiger partial charge in [-0.05, 0) is 62.6 Å². The number of carbonyl (C=O) groups excluding carboxylic acids is 1. The average Bonchev–Trinajstić information content (AvgIpc) is 3.39. The van der Waals surface area contributed by atoms with Crippen LogP contribution in [0.3, 0.4) is 0 Å². The summed E-state index contributed by atoms with van der Waals surface area (Å²) in [6.07, 6.45) is 1.79. The molecular formula is C23H23ClN4O3. The molecular weight excluding hydrogens is 416 g/mol. The number of ether oxygens (including phenoxy) is 2. The smallest absolute Gasteiger partial charge is 0.274 e. The fraction of sp³-hybridized carbons (Fsp3) is 0.348. The number of halogens is 1. The van der Waals surface area contributed by atoms with E-state index >= 15 is 0 Å². The van der Waals surface area contributed by atoms with Crippen LogP contribution in [0, 0.1) is 13.8 Å². The zero-order valence-electron chi connectivity index (χ0n) is 17.5. The summed E-state index contributed by atoms with van der Waals surface area (Å²) in [5, 5.41) is 4.81. The third-order valence-corrected chi connectivity index (χ3v) is 6.03. The first-order chi connectivity index (χ1) is 15.0. The zero-order valence-corrected chi connectivity index (χ0v) is 18.2. The summed E-state index contributed by atoms with van der Waals surface area (Å²) in [7, 11) is 0. The van der Waals surface area contributed by atoms with Gasteiger partial charge in [-0.2, -0.15) is 5.10 Å². The van der Waals surface area contributed by atoms with E-state index in [2.05, 4.69) is 10.1 Å². The van der Waals surface area contributed by atoms with Gasteiger partial charge in [-0.3, -0.25) is 4.79 Å². The van der Waals surface area contributed by atoms with Crippen LogP contribution in [0.25, 0.3) is 5.82 Å². The van der Waals surface area contributed by atoms with E-state index < -0.39 is 0 Å². The van der Waals surface area contributed by atoms with Gasteiger partial charge in [0.2, 0.25) is 0 Å². The number of aromatic nitrogens is 3. The quantitative estimate of drug-likeness (QED) is 0.610. The van der Waals surface area contributed by atoms with Gasteiger partial charge in [0.25, 0.3) is 5.91 Å². The number of benzene rings is 1. The van der Waals surface area contributed by atoms with Crippen molar-refractivity contribution in [2.75, 3.05) is 19.8 Å².